The quantitative estimate of drug-likeness (QED) is 0.677. The predicted octanol–water partition coefficient (Wildman–Crippen LogP) is 1.87. The van der Waals surface area contributed by atoms with Crippen LogP contribution in [0, 0.1) is 5.92 Å². The fraction of sp³-hybridized carbons (Fsp3) is 0.846. The van der Waals surface area contributed by atoms with Crippen LogP contribution in [-0.2, 0) is 4.79 Å². The zero-order valence-corrected chi connectivity index (χ0v) is 10.7. The van der Waals surface area contributed by atoms with Crippen LogP contribution in [0.25, 0.3) is 0 Å². The normalized spacial score (nSPS) is 21.6. The van der Waals surface area contributed by atoms with Crippen LogP contribution >= 0.6 is 0 Å². The van der Waals surface area contributed by atoms with Gasteiger partial charge in [-0.3, -0.25) is 4.79 Å². The number of urea groups is 1. The van der Waals surface area contributed by atoms with Crippen LogP contribution in [0.15, 0.2) is 0 Å². The summed E-state index contributed by atoms with van der Waals surface area (Å²) in [7, 11) is 0. The van der Waals surface area contributed by atoms with E-state index in [2.05, 4.69) is 10.6 Å². The van der Waals surface area contributed by atoms with Gasteiger partial charge in [0.05, 0.1) is 12.0 Å². The van der Waals surface area contributed by atoms with E-state index in [1.807, 2.05) is 0 Å². The Morgan fingerprint density at radius 3 is 2.44 bits per heavy atom. The molecule has 0 heterocycles. The number of carboxylic acid groups (broad SMARTS) is 1. The van der Waals surface area contributed by atoms with Crippen molar-refractivity contribution in [3.8, 4) is 0 Å². The van der Waals surface area contributed by atoms with E-state index in [-0.39, 0.29) is 12.5 Å². The summed E-state index contributed by atoms with van der Waals surface area (Å²) in [5, 5.41) is 14.7. The summed E-state index contributed by atoms with van der Waals surface area (Å²) in [6, 6.07) is -0.209. The van der Waals surface area contributed by atoms with E-state index in [1.54, 1.807) is 0 Å². The molecule has 0 unspecified atom stereocenters. The maximum atomic E-state index is 11.8. The second kappa shape index (κ2) is 5.59. The van der Waals surface area contributed by atoms with E-state index >= 15 is 0 Å². The molecule has 2 aliphatic carbocycles. The Kier molecular flexibility index (Phi) is 4.09. The van der Waals surface area contributed by atoms with Gasteiger partial charge in [-0.05, 0) is 25.2 Å². The molecule has 0 aliphatic heterocycles. The van der Waals surface area contributed by atoms with Crippen LogP contribution in [0.1, 0.15) is 51.4 Å². The van der Waals surface area contributed by atoms with E-state index in [1.165, 1.54) is 12.8 Å². The van der Waals surface area contributed by atoms with Gasteiger partial charge in [0.1, 0.15) is 0 Å². The van der Waals surface area contributed by atoms with Crippen molar-refractivity contribution >= 4 is 12.0 Å². The smallest absolute Gasteiger partial charge is 0.315 e. The van der Waals surface area contributed by atoms with Gasteiger partial charge >= 0.3 is 12.0 Å². The minimum atomic E-state index is -0.838. The summed E-state index contributed by atoms with van der Waals surface area (Å²) >= 11 is 0. The van der Waals surface area contributed by atoms with Gasteiger partial charge in [0.15, 0.2) is 0 Å². The van der Waals surface area contributed by atoms with Crippen molar-refractivity contribution in [3.63, 3.8) is 0 Å². The molecule has 0 spiro atoms. The third-order valence-electron chi connectivity index (χ3n) is 3.96. The van der Waals surface area contributed by atoms with E-state index in [0.717, 1.165) is 38.0 Å². The highest BCUT2D eigenvalue weighted by atomic mass is 16.4. The molecule has 2 fully saturated rings. The summed E-state index contributed by atoms with van der Waals surface area (Å²) < 4.78 is 0. The Labute approximate surface area is 107 Å². The lowest BCUT2D eigenvalue weighted by atomic mass is 9.93. The molecule has 0 atom stereocenters. The number of hydrogen-bond acceptors (Lipinski definition) is 2. The predicted molar refractivity (Wildman–Crippen MR) is 67.3 cm³/mol. The molecule has 2 saturated carbocycles. The number of carboxylic acids is 1. The lowest BCUT2D eigenvalue weighted by molar-refractivity contribution is -0.138. The first-order valence-corrected chi connectivity index (χ1v) is 6.87. The third kappa shape index (κ3) is 3.89. The number of hydrogen-bond donors (Lipinski definition) is 3. The molecule has 2 amide bonds. The van der Waals surface area contributed by atoms with Gasteiger partial charge in [0.2, 0.25) is 0 Å². The Morgan fingerprint density at radius 2 is 1.89 bits per heavy atom. The van der Waals surface area contributed by atoms with Gasteiger partial charge in [-0.1, -0.05) is 25.7 Å². The lowest BCUT2D eigenvalue weighted by Gasteiger charge is -2.28. The van der Waals surface area contributed by atoms with Gasteiger partial charge < -0.3 is 15.7 Å². The number of carbonyl (C=O) groups excluding carboxylic acids is 1. The first kappa shape index (κ1) is 13.2. The molecule has 0 saturated heterocycles. The molecule has 0 radical (unpaired) electrons. The molecule has 3 N–H and O–H groups in total. The maximum Gasteiger partial charge on any atom is 0.315 e. The van der Waals surface area contributed by atoms with Gasteiger partial charge in [0.25, 0.3) is 0 Å². The van der Waals surface area contributed by atoms with Crippen LogP contribution in [0.3, 0.4) is 0 Å². The summed E-state index contributed by atoms with van der Waals surface area (Å²) in [5.74, 6) is -0.0417. The Morgan fingerprint density at radius 1 is 1.22 bits per heavy atom. The first-order valence-electron chi connectivity index (χ1n) is 6.87. The van der Waals surface area contributed by atoms with E-state index in [0.29, 0.717) is 6.54 Å². The maximum absolute atomic E-state index is 11.8. The number of amides is 2. The highest BCUT2D eigenvalue weighted by molar-refractivity contribution is 5.76. The molecule has 5 nitrogen and oxygen atoms in total. The summed E-state index contributed by atoms with van der Waals surface area (Å²) in [5.41, 5.74) is -0.518. The number of rotatable bonds is 6. The van der Waals surface area contributed by atoms with Gasteiger partial charge in [-0.15, -0.1) is 0 Å². The lowest BCUT2D eigenvalue weighted by Crippen LogP contribution is -2.51. The molecule has 0 aromatic heterocycles. The average Bonchev–Trinajstić information content (AvgIpc) is 2.99. The van der Waals surface area contributed by atoms with Crippen LogP contribution in [0.2, 0.25) is 0 Å². The minimum Gasteiger partial charge on any atom is -0.481 e. The number of nitrogens with one attached hydrogen (secondary N) is 2. The zero-order chi connectivity index (χ0) is 13.0. The fourth-order valence-corrected chi connectivity index (χ4v) is 2.77. The van der Waals surface area contributed by atoms with Crippen LogP contribution < -0.4 is 10.6 Å². The Balaban J connectivity index is 1.76. The van der Waals surface area contributed by atoms with Crippen LogP contribution in [0.4, 0.5) is 4.79 Å². The van der Waals surface area contributed by atoms with Gasteiger partial charge in [-0.2, -0.15) is 0 Å². The van der Waals surface area contributed by atoms with Crippen molar-refractivity contribution in [2.45, 2.75) is 56.9 Å². The summed E-state index contributed by atoms with van der Waals surface area (Å²) in [6.07, 6.45) is 7.18. The first-order chi connectivity index (χ1) is 8.60. The number of carbonyl (C=O) groups is 2. The Bertz CT molecular complexity index is 320. The largest absolute Gasteiger partial charge is 0.481 e. The molecule has 102 valence electrons. The SMILES string of the molecule is O=C(O)CC1(NC(=O)NCCC2CC2)CCCC1. The highest BCUT2D eigenvalue weighted by Gasteiger charge is 2.37. The summed E-state index contributed by atoms with van der Waals surface area (Å²) in [4.78, 5) is 22.7. The van der Waals surface area contributed by atoms with Crippen molar-refractivity contribution in [2.24, 2.45) is 5.92 Å². The Hall–Kier alpha value is -1.26. The van der Waals surface area contributed by atoms with Gasteiger partial charge in [0, 0.05) is 6.54 Å². The molecule has 18 heavy (non-hydrogen) atoms. The minimum absolute atomic E-state index is 0.0308. The van der Waals surface area contributed by atoms with Crippen molar-refractivity contribution in [1.82, 2.24) is 10.6 Å². The molecule has 2 rings (SSSR count). The fourth-order valence-electron chi connectivity index (χ4n) is 2.77. The second-order valence-corrected chi connectivity index (χ2v) is 5.67. The molecule has 0 bridgehead atoms. The monoisotopic (exact) mass is 254 g/mol. The molecular weight excluding hydrogens is 232 g/mol. The van der Waals surface area contributed by atoms with Crippen molar-refractivity contribution in [1.29, 1.82) is 0 Å². The third-order valence-corrected chi connectivity index (χ3v) is 3.96. The zero-order valence-electron chi connectivity index (χ0n) is 10.7. The molecule has 2 aliphatic rings. The molecule has 5 heteroatoms. The molecule has 0 aromatic rings. The summed E-state index contributed by atoms with van der Waals surface area (Å²) in [6.45, 7) is 0.694. The topological polar surface area (TPSA) is 78.4 Å². The van der Waals surface area contributed by atoms with Gasteiger partial charge in [-0.25, -0.2) is 4.79 Å². The molecule has 0 aromatic carbocycles. The van der Waals surface area contributed by atoms with Crippen molar-refractivity contribution in [2.75, 3.05) is 6.54 Å². The van der Waals surface area contributed by atoms with Crippen LogP contribution in [0.5, 0.6) is 0 Å². The highest BCUT2D eigenvalue weighted by Crippen LogP contribution is 2.33. The van der Waals surface area contributed by atoms with E-state index in [4.69, 9.17) is 5.11 Å². The van der Waals surface area contributed by atoms with E-state index in [9.17, 15) is 9.59 Å². The van der Waals surface area contributed by atoms with Crippen molar-refractivity contribution < 1.29 is 14.7 Å². The standard InChI is InChI=1S/C13H22N2O3/c16-11(17)9-13(6-1-2-7-13)15-12(18)14-8-5-10-3-4-10/h10H,1-9H2,(H,16,17)(H2,14,15,18). The average molecular weight is 254 g/mol. The van der Waals surface area contributed by atoms with E-state index < -0.39 is 11.5 Å². The van der Waals surface area contributed by atoms with Crippen molar-refractivity contribution in [3.05, 3.63) is 0 Å². The van der Waals surface area contributed by atoms with Crippen LogP contribution in [-0.4, -0.2) is 29.2 Å². The number of aliphatic carboxylic acids is 1. The second-order valence-electron chi connectivity index (χ2n) is 5.67. The molecular formula is C13H22N2O3.